The third kappa shape index (κ3) is 4.32. The molecule has 1 saturated carbocycles. The van der Waals surface area contributed by atoms with Crippen LogP contribution in [0.15, 0.2) is 11.4 Å². The summed E-state index contributed by atoms with van der Waals surface area (Å²) in [5.74, 6) is -0.673. The monoisotopic (exact) mass is 400 g/mol. The van der Waals surface area contributed by atoms with E-state index in [4.69, 9.17) is 16.7 Å². The fourth-order valence-electron chi connectivity index (χ4n) is 4.21. The van der Waals surface area contributed by atoms with Crippen molar-refractivity contribution in [2.45, 2.75) is 62.5 Å². The van der Waals surface area contributed by atoms with Crippen LogP contribution in [0, 0.1) is 0 Å². The van der Waals surface area contributed by atoms with Gasteiger partial charge in [-0.25, -0.2) is 4.79 Å². The van der Waals surface area contributed by atoms with Crippen LogP contribution in [0.25, 0.3) is 0 Å². The smallest absolute Gasteiger partial charge is 0.404 e. The number of hydrogen-bond acceptors (Lipinski definition) is 4. The summed E-state index contributed by atoms with van der Waals surface area (Å²) in [6, 6.07) is 1.67. The second-order valence-electron chi connectivity index (χ2n) is 7.33. The van der Waals surface area contributed by atoms with E-state index in [1.165, 1.54) is 11.3 Å². The Hall–Kier alpha value is -1.31. The van der Waals surface area contributed by atoms with E-state index < -0.39 is 17.6 Å². The molecule has 0 spiro atoms. The van der Waals surface area contributed by atoms with Crippen molar-refractivity contribution in [3.8, 4) is 0 Å². The number of thiophene rings is 1. The van der Waals surface area contributed by atoms with Crippen molar-refractivity contribution < 1.29 is 19.8 Å². The summed E-state index contributed by atoms with van der Waals surface area (Å²) in [6.07, 6.45) is 4.31. The van der Waals surface area contributed by atoms with Crippen LogP contribution < -0.4 is 5.32 Å². The van der Waals surface area contributed by atoms with E-state index in [-0.39, 0.29) is 11.9 Å². The lowest BCUT2D eigenvalue weighted by Crippen LogP contribution is -2.52. The molecule has 144 valence electrons. The zero-order valence-corrected chi connectivity index (χ0v) is 16.2. The number of halogens is 1. The highest BCUT2D eigenvalue weighted by Crippen LogP contribution is 2.43. The van der Waals surface area contributed by atoms with E-state index in [1.807, 2.05) is 5.38 Å². The van der Waals surface area contributed by atoms with Crippen molar-refractivity contribution in [2.75, 3.05) is 13.1 Å². The van der Waals surface area contributed by atoms with Crippen LogP contribution in [-0.4, -0.2) is 51.8 Å². The molecule has 0 bridgehead atoms. The van der Waals surface area contributed by atoms with Gasteiger partial charge in [-0.15, -0.1) is 11.3 Å². The summed E-state index contributed by atoms with van der Waals surface area (Å²) in [4.78, 5) is 25.9. The molecule has 8 heteroatoms. The van der Waals surface area contributed by atoms with Gasteiger partial charge in [-0.05, 0) is 42.7 Å². The molecule has 2 amide bonds. The number of piperidine rings is 1. The summed E-state index contributed by atoms with van der Waals surface area (Å²) in [7, 11) is 0. The summed E-state index contributed by atoms with van der Waals surface area (Å²) in [6.45, 7) is 0.989. The van der Waals surface area contributed by atoms with Crippen LogP contribution in [0.5, 0.6) is 0 Å². The van der Waals surface area contributed by atoms with Crippen LogP contribution in [0.4, 0.5) is 4.79 Å². The Morgan fingerprint density at radius 3 is 2.46 bits per heavy atom. The zero-order valence-electron chi connectivity index (χ0n) is 14.6. The Kier molecular flexibility index (Phi) is 6.10. The molecule has 6 nitrogen and oxygen atoms in total. The Bertz CT molecular complexity index is 651. The van der Waals surface area contributed by atoms with Gasteiger partial charge in [-0.1, -0.05) is 30.9 Å². The molecule has 2 fully saturated rings. The number of carbonyl (C=O) groups excluding carboxylic acids is 1. The number of carboxylic acid groups (broad SMARTS) is 1. The average molecular weight is 401 g/mol. The topological polar surface area (TPSA) is 89.9 Å². The summed E-state index contributed by atoms with van der Waals surface area (Å²) in [5.41, 5.74) is -0.240. The molecular formula is C18H25ClN2O4S. The molecule has 1 aliphatic heterocycles. The second-order valence-corrected chi connectivity index (χ2v) is 8.87. The first kappa shape index (κ1) is 19.5. The van der Waals surface area contributed by atoms with Crippen molar-refractivity contribution >= 4 is 34.9 Å². The third-order valence-electron chi connectivity index (χ3n) is 5.56. The number of nitrogens with one attached hydrogen (secondary N) is 1. The first-order valence-corrected chi connectivity index (χ1v) is 10.4. The Balaban J connectivity index is 1.76. The lowest BCUT2D eigenvalue weighted by atomic mass is 9.72. The van der Waals surface area contributed by atoms with Gasteiger partial charge in [0.25, 0.3) is 0 Å². The third-order valence-corrected chi connectivity index (χ3v) is 6.67. The molecule has 3 rings (SSSR count). The molecular weight excluding hydrogens is 376 g/mol. The molecule has 3 N–H and O–H groups in total. The van der Waals surface area contributed by atoms with Crippen LogP contribution in [0.3, 0.4) is 0 Å². The molecule has 1 aromatic heterocycles. The van der Waals surface area contributed by atoms with Crippen LogP contribution in [0.1, 0.15) is 56.4 Å². The molecule has 0 radical (unpaired) electrons. The standard InChI is InChI=1S/C18H25ClN2O4S/c19-14-10-12(11-26-14)15(18(25)6-2-1-3-7-18)16(22)21-8-4-13(5-9-21)20-17(23)24/h10-11,13,15,20,25H,1-9H2,(H,23,24). The number of carbonyl (C=O) groups is 2. The fourth-order valence-corrected chi connectivity index (χ4v) is 5.13. The van der Waals surface area contributed by atoms with Gasteiger partial charge in [-0.2, -0.15) is 0 Å². The van der Waals surface area contributed by atoms with E-state index in [2.05, 4.69) is 5.32 Å². The maximum absolute atomic E-state index is 13.3. The average Bonchev–Trinajstić information content (AvgIpc) is 3.01. The molecule has 1 atom stereocenters. The minimum absolute atomic E-state index is 0.0716. The maximum Gasteiger partial charge on any atom is 0.404 e. The highest BCUT2D eigenvalue weighted by Gasteiger charge is 2.45. The van der Waals surface area contributed by atoms with Crippen molar-refractivity contribution in [2.24, 2.45) is 0 Å². The van der Waals surface area contributed by atoms with Crippen molar-refractivity contribution in [3.05, 3.63) is 21.3 Å². The maximum atomic E-state index is 13.3. The number of nitrogens with zero attached hydrogens (tertiary/aromatic N) is 1. The van der Waals surface area contributed by atoms with E-state index >= 15 is 0 Å². The molecule has 1 unspecified atom stereocenters. The number of aliphatic hydroxyl groups is 1. The lowest BCUT2D eigenvalue weighted by Gasteiger charge is -2.42. The van der Waals surface area contributed by atoms with E-state index in [0.717, 1.165) is 24.8 Å². The summed E-state index contributed by atoms with van der Waals surface area (Å²) in [5, 5.41) is 24.5. The predicted octanol–water partition coefficient (Wildman–Crippen LogP) is 3.44. The normalized spacial score (nSPS) is 22.0. The van der Waals surface area contributed by atoms with E-state index in [0.29, 0.717) is 43.1 Å². The summed E-state index contributed by atoms with van der Waals surface area (Å²) < 4.78 is 0.613. The fraction of sp³-hybridized carbons (Fsp3) is 0.667. The van der Waals surface area contributed by atoms with E-state index in [1.54, 1.807) is 11.0 Å². The van der Waals surface area contributed by atoms with Gasteiger partial charge < -0.3 is 20.4 Å². The molecule has 2 heterocycles. The Morgan fingerprint density at radius 1 is 1.27 bits per heavy atom. The molecule has 1 aromatic rings. The molecule has 26 heavy (non-hydrogen) atoms. The highest BCUT2D eigenvalue weighted by atomic mass is 35.5. The molecule has 1 aliphatic carbocycles. The van der Waals surface area contributed by atoms with Crippen molar-refractivity contribution in [3.63, 3.8) is 0 Å². The molecule has 1 saturated heterocycles. The molecule has 0 aromatic carbocycles. The van der Waals surface area contributed by atoms with Gasteiger partial charge in [0, 0.05) is 19.1 Å². The van der Waals surface area contributed by atoms with Gasteiger partial charge in [0.05, 0.1) is 15.9 Å². The number of likely N-dealkylation sites (tertiary alicyclic amines) is 1. The Morgan fingerprint density at radius 2 is 1.92 bits per heavy atom. The predicted molar refractivity (Wildman–Crippen MR) is 101 cm³/mol. The van der Waals surface area contributed by atoms with Crippen molar-refractivity contribution in [1.29, 1.82) is 0 Å². The van der Waals surface area contributed by atoms with Gasteiger partial charge in [0.2, 0.25) is 5.91 Å². The minimum Gasteiger partial charge on any atom is -0.465 e. The van der Waals surface area contributed by atoms with Crippen LogP contribution >= 0.6 is 22.9 Å². The molecule has 2 aliphatic rings. The summed E-state index contributed by atoms with van der Waals surface area (Å²) >= 11 is 7.47. The van der Waals surface area contributed by atoms with Crippen molar-refractivity contribution in [1.82, 2.24) is 10.2 Å². The quantitative estimate of drug-likeness (QED) is 0.722. The van der Waals surface area contributed by atoms with E-state index in [9.17, 15) is 14.7 Å². The van der Waals surface area contributed by atoms with Gasteiger partial charge >= 0.3 is 6.09 Å². The largest absolute Gasteiger partial charge is 0.465 e. The van der Waals surface area contributed by atoms with Crippen LogP contribution in [-0.2, 0) is 4.79 Å². The minimum atomic E-state index is -1.03. The first-order chi connectivity index (χ1) is 12.4. The lowest BCUT2D eigenvalue weighted by molar-refractivity contribution is -0.142. The van der Waals surface area contributed by atoms with Gasteiger partial charge in [0.15, 0.2) is 0 Å². The number of amides is 2. The van der Waals surface area contributed by atoms with Gasteiger partial charge in [0.1, 0.15) is 0 Å². The highest BCUT2D eigenvalue weighted by molar-refractivity contribution is 7.14. The Labute approximate surface area is 162 Å². The number of hydrogen-bond donors (Lipinski definition) is 3. The first-order valence-electron chi connectivity index (χ1n) is 9.13. The zero-order chi connectivity index (χ0) is 18.7. The number of rotatable bonds is 4. The van der Waals surface area contributed by atoms with Gasteiger partial charge in [-0.3, -0.25) is 4.79 Å². The SMILES string of the molecule is O=C(O)NC1CCN(C(=O)C(c2csc(Cl)c2)C2(O)CCCCC2)CC1. The van der Waals surface area contributed by atoms with Crippen LogP contribution in [0.2, 0.25) is 4.34 Å². The second kappa shape index (κ2) is 8.15.